The number of hydrogen-bond acceptors (Lipinski definition) is 7. The zero-order chi connectivity index (χ0) is 28.0. The Bertz CT molecular complexity index is 782. The maximum Gasteiger partial charge on any atom is 0.373 e. The SMILES string of the molecule is CCC1O[C@@H](O[Si](C)(C)C(C)(C)C(C)C)C(N=[N+]=[N-])[C@@H](C)[C@@H]1O[C@@H]1OC(C)[C@@H](C)[C@H](C)C1C.O=C=O. The molecule has 0 bridgehead atoms. The van der Waals surface area contributed by atoms with E-state index < -0.39 is 20.6 Å². The van der Waals surface area contributed by atoms with E-state index in [4.69, 9.17) is 28.2 Å². The minimum atomic E-state index is -2.20. The minimum Gasteiger partial charge on any atom is -0.392 e. The maximum absolute atomic E-state index is 9.36. The Morgan fingerprint density at radius 3 is 2.03 bits per heavy atom. The second-order valence-corrected chi connectivity index (χ2v) is 16.5. The standard InChI is InChI=1S/C25H49N3O4Si.CO2/c1-13-20-22(31-23-17(6)15(4)16(5)19(8)29-23)18(7)21(27-28-26)24(30-20)32-33(11,12)25(9,10)14(2)3;2-1-3/h14-24H,13H2,1-12H3;/t15-,16-,17?,18+,19?,20?,21?,22-,23-,24-;/m0./s1. The third-order valence-electron chi connectivity index (χ3n) is 9.47. The molecule has 208 valence electrons. The number of azide groups is 1. The van der Waals surface area contributed by atoms with Crippen LogP contribution in [0.25, 0.3) is 10.4 Å². The summed E-state index contributed by atoms with van der Waals surface area (Å²) in [6, 6.07) is -0.454. The summed E-state index contributed by atoms with van der Waals surface area (Å²) in [6.07, 6.45) is -0.0728. The fourth-order valence-electron chi connectivity index (χ4n) is 5.03. The average molecular weight is 528 g/mol. The highest BCUT2D eigenvalue weighted by molar-refractivity contribution is 6.74. The molecule has 0 saturated carbocycles. The van der Waals surface area contributed by atoms with Gasteiger partial charge in [-0.25, -0.2) is 0 Å². The van der Waals surface area contributed by atoms with Crippen LogP contribution >= 0.6 is 0 Å². The van der Waals surface area contributed by atoms with Crippen LogP contribution in [0.1, 0.15) is 75.7 Å². The van der Waals surface area contributed by atoms with Crippen molar-refractivity contribution in [2.45, 2.75) is 131 Å². The summed E-state index contributed by atoms with van der Waals surface area (Å²) in [5, 5.41) is 4.19. The quantitative estimate of drug-likeness (QED) is 0.153. The topological polar surface area (TPSA) is 120 Å². The van der Waals surface area contributed by atoms with E-state index in [-0.39, 0.29) is 47.6 Å². The average Bonchev–Trinajstić information content (AvgIpc) is 2.79. The molecule has 4 unspecified atom stereocenters. The Morgan fingerprint density at radius 2 is 1.56 bits per heavy atom. The van der Waals surface area contributed by atoms with Crippen molar-refractivity contribution < 1.29 is 28.2 Å². The summed E-state index contributed by atoms with van der Waals surface area (Å²) in [5.41, 5.74) is 9.36. The highest BCUT2D eigenvalue weighted by Gasteiger charge is 2.51. The number of rotatable bonds is 8. The summed E-state index contributed by atoms with van der Waals surface area (Å²) in [4.78, 5) is 19.4. The first-order valence-corrected chi connectivity index (χ1v) is 16.2. The predicted octanol–water partition coefficient (Wildman–Crippen LogP) is 6.55. The van der Waals surface area contributed by atoms with E-state index in [9.17, 15) is 5.53 Å². The van der Waals surface area contributed by atoms with Crippen molar-refractivity contribution in [2.24, 2.45) is 34.7 Å². The number of hydrogen-bond donors (Lipinski definition) is 0. The molecular weight excluding hydrogens is 478 g/mol. The van der Waals surface area contributed by atoms with Gasteiger partial charge in [0.15, 0.2) is 20.9 Å². The van der Waals surface area contributed by atoms with Gasteiger partial charge in [-0.05, 0) is 60.7 Å². The van der Waals surface area contributed by atoms with Gasteiger partial charge in [0, 0.05) is 10.8 Å². The molecule has 2 heterocycles. The summed E-state index contributed by atoms with van der Waals surface area (Å²) >= 11 is 0. The molecule has 9 nitrogen and oxygen atoms in total. The van der Waals surface area contributed by atoms with Crippen LogP contribution in [0.3, 0.4) is 0 Å². The van der Waals surface area contributed by atoms with Crippen LogP contribution in [0.5, 0.6) is 0 Å². The molecule has 2 fully saturated rings. The van der Waals surface area contributed by atoms with Crippen LogP contribution in [0, 0.1) is 29.6 Å². The molecule has 10 atom stereocenters. The molecule has 0 N–H and O–H groups in total. The Labute approximate surface area is 218 Å². The third-order valence-corrected chi connectivity index (χ3v) is 14.0. The fraction of sp³-hybridized carbons (Fsp3) is 0.962. The number of ether oxygens (including phenoxy) is 3. The van der Waals surface area contributed by atoms with Gasteiger partial charge >= 0.3 is 6.15 Å². The van der Waals surface area contributed by atoms with E-state index >= 15 is 0 Å². The Morgan fingerprint density at radius 1 is 1.00 bits per heavy atom. The van der Waals surface area contributed by atoms with Crippen LogP contribution in [-0.2, 0) is 28.2 Å². The van der Waals surface area contributed by atoms with Gasteiger partial charge in [-0.15, -0.1) is 0 Å². The zero-order valence-electron chi connectivity index (χ0n) is 24.3. The van der Waals surface area contributed by atoms with E-state index in [2.05, 4.69) is 92.4 Å². The lowest BCUT2D eigenvalue weighted by atomic mass is 9.79. The molecule has 0 amide bonds. The van der Waals surface area contributed by atoms with Crippen LogP contribution in [-0.4, -0.2) is 51.4 Å². The Balaban J connectivity index is 0.00000205. The van der Waals surface area contributed by atoms with Crippen molar-refractivity contribution in [2.75, 3.05) is 0 Å². The Kier molecular flexibility index (Phi) is 12.3. The lowest BCUT2D eigenvalue weighted by Gasteiger charge is -2.51. The summed E-state index contributed by atoms with van der Waals surface area (Å²) in [6.45, 7) is 26.5. The van der Waals surface area contributed by atoms with Crippen LogP contribution in [0.2, 0.25) is 18.1 Å². The van der Waals surface area contributed by atoms with Crippen LogP contribution < -0.4 is 0 Å². The lowest BCUT2D eigenvalue weighted by Crippen LogP contribution is -2.59. The van der Waals surface area contributed by atoms with Gasteiger partial charge in [0.25, 0.3) is 0 Å². The number of carbonyl (C=O) groups excluding carboxylic acids is 2. The first-order chi connectivity index (χ1) is 16.6. The molecule has 2 rings (SSSR count). The van der Waals surface area contributed by atoms with E-state index in [1.165, 1.54) is 0 Å². The summed E-state index contributed by atoms with van der Waals surface area (Å²) in [5.74, 6) is 1.65. The van der Waals surface area contributed by atoms with Crippen LogP contribution in [0.4, 0.5) is 0 Å². The van der Waals surface area contributed by atoms with Crippen molar-refractivity contribution in [3.63, 3.8) is 0 Å². The van der Waals surface area contributed by atoms with Crippen molar-refractivity contribution in [1.29, 1.82) is 0 Å². The van der Waals surface area contributed by atoms with Gasteiger partial charge in [-0.2, -0.15) is 9.59 Å². The van der Waals surface area contributed by atoms with E-state index in [0.29, 0.717) is 17.8 Å². The van der Waals surface area contributed by atoms with E-state index in [0.717, 1.165) is 6.42 Å². The summed E-state index contributed by atoms with van der Waals surface area (Å²) < 4.78 is 26.2. The van der Waals surface area contributed by atoms with E-state index in [1.54, 1.807) is 0 Å². The first kappa shape index (κ1) is 32.8. The van der Waals surface area contributed by atoms with Crippen molar-refractivity contribution in [3.8, 4) is 0 Å². The molecular formula is C26H49N3O6Si. The second-order valence-electron chi connectivity index (χ2n) is 12.0. The van der Waals surface area contributed by atoms with Crippen LogP contribution in [0.15, 0.2) is 5.11 Å². The molecule has 0 spiro atoms. The van der Waals surface area contributed by atoms with Crippen molar-refractivity contribution >= 4 is 14.5 Å². The molecule has 0 aliphatic carbocycles. The highest BCUT2D eigenvalue weighted by Crippen LogP contribution is 2.47. The van der Waals surface area contributed by atoms with Gasteiger partial charge in [0.2, 0.25) is 0 Å². The highest BCUT2D eigenvalue weighted by atomic mass is 28.4. The molecule has 0 aromatic carbocycles. The largest absolute Gasteiger partial charge is 0.392 e. The third kappa shape index (κ3) is 7.19. The summed E-state index contributed by atoms with van der Waals surface area (Å²) in [7, 11) is -2.20. The van der Waals surface area contributed by atoms with Gasteiger partial charge in [-0.3, -0.25) is 0 Å². The molecule has 10 heteroatoms. The van der Waals surface area contributed by atoms with Gasteiger partial charge in [0.05, 0.1) is 24.4 Å². The monoisotopic (exact) mass is 527 g/mol. The predicted molar refractivity (Wildman–Crippen MR) is 140 cm³/mol. The first-order valence-electron chi connectivity index (χ1n) is 13.3. The molecule has 36 heavy (non-hydrogen) atoms. The molecule has 0 radical (unpaired) electrons. The molecule has 2 saturated heterocycles. The molecule has 2 aliphatic rings. The Hall–Kier alpha value is -1.25. The van der Waals surface area contributed by atoms with Gasteiger partial charge in [-0.1, -0.05) is 67.4 Å². The molecule has 0 aromatic rings. The minimum absolute atomic E-state index is 0.0317. The smallest absolute Gasteiger partial charge is 0.373 e. The lowest BCUT2D eigenvalue weighted by molar-refractivity contribution is -0.306. The fourth-order valence-corrected chi connectivity index (χ4v) is 7.50. The maximum atomic E-state index is 9.36. The van der Waals surface area contributed by atoms with Crippen molar-refractivity contribution in [1.82, 2.24) is 0 Å². The second kappa shape index (κ2) is 13.5. The van der Waals surface area contributed by atoms with E-state index in [1.807, 2.05) is 0 Å². The van der Waals surface area contributed by atoms with Crippen molar-refractivity contribution in [3.05, 3.63) is 10.4 Å². The van der Waals surface area contributed by atoms with Gasteiger partial charge in [0.1, 0.15) is 0 Å². The number of nitrogens with zero attached hydrogens (tertiary/aromatic N) is 3. The zero-order valence-corrected chi connectivity index (χ0v) is 25.3. The molecule has 0 aromatic heterocycles. The normalized spacial score (nSPS) is 37.4. The molecule has 2 aliphatic heterocycles. The van der Waals surface area contributed by atoms with Gasteiger partial charge < -0.3 is 18.6 Å².